The van der Waals surface area contributed by atoms with Gasteiger partial charge in [0.1, 0.15) is 11.0 Å². The zero-order chi connectivity index (χ0) is 14.9. The van der Waals surface area contributed by atoms with E-state index in [4.69, 9.17) is 14.2 Å². The van der Waals surface area contributed by atoms with E-state index >= 15 is 0 Å². The van der Waals surface area contributed by atoms with Crippen LogP contribution in [0.1, 0.15) is 11.7 Å². The van der Waals surface area contributed by atoms with Gasteiger partial charge in [0, 0.05) is 13.1 Å². The van der Waals surface area contributed by atoms with Gasteiger partial charge in [0.05, 0.1) is 33.0 Å². The van der Waals surface area contributed by atoms with Crippen molar-refractivity contribution in [2.45, 2.75) is 11.4 Å². The Morgan fingerprint density at radius 2 is 2.14 bits per heavy atom. The van der Waals surface area contributed by atoms with Crippen molar-refractivity contribution in [1.82, 2.24) is 4.31 Å². The lowest BCUT2D eigenvalue weighted by Gasteiger charge is -2.37. The molecule has 0 saturated carbocycles. The third kappa shape index (κ3) is 2.91. The molecule has 0 bridgehead atoms. The molecule has 6 nitrogen and oxygen atoms in total. The normalized spacial score (nSPS) is 24.5. The molecule has 0 N–H and O–H groups in total. The number of nitrogens with zero attached hydrogens (tertiary/aromatic N) is 1. The topological polar surface area (TPSA) is 65.1 Å². The van der Waals surface area contributed by atoms with Crippen LogP contribution < -0.4 is 4.74 Å². The first-order chi connectivity index (χ1) is 10.1. The van der Waals surface area contributed by atoms with Crippen LogP contribution in [0.5, 0.6) is 5.75 Å². The van der Waals surface area contributed by atoms with Gasteiger partial charge in [-0.3, -0.25) is 0 Å². The molecule has 2 saturated heterocycles. The molecule has 0 radical (unpaired) electrons. The summed E-state index contributed by atoms with van der Waals surface area (Å²) in [6.07, 6.45) is -0.260. The van der Waals surface area contributed by atoms with E-state index in [0.29, 0.717) is 32.9 Å². The summed E-state index contributed by atoms with van der Waals surface area (Å²) in [6.45, 7) is 1.73. The molecule has 2 aliphatic heterocycles. The van der Waals surface area contributed by atoms with Gasteiger partial charge in [-0.05, 0) is 17.7 Å². The second-order valence-electron chi connectivity index (χ2n) is 5.20. The van der Waals surface area contributed by atoms with E-state index in [0.717, 1.165) is 11.3 Å². The summed E-state index contributed by atoms with van der Waals surface area (Å²) < 4.78 is 42.3. The van der Waals surface area contributed by atoms with Crippen LogP contribution in [0.25, 0.3) is 0 Å². The Bertz CT molecular complexity index is 599. The molecule has 3 rings (SSSR count). The van der Waals surface area contributed by atoms with Gasteiger partial charge in [0.2, 0.25) is 10.0 Å². The molecule has 2 fully saturated rings. The maximum absolute atomic E-state index is 12.4. The van der Waals surface area contributed by atoms with Crippen molar-refractivity contribution in [3.63, 3.8) is 0 Å². The minimum Gasteiger partial charge on any atom is -0.497 e. The van der Waals surface area contributed by atoms with Crippen molar-refractivity contribution >= 4 is 10.0 Å². The van der Waals surface area contributed by atoms with Gasteiger partial charge in [-0.25, -0.2) is 8.42 Å². The third-order valence-electron chi connectivity index (χ3n) is 3.88. The van der Waals surface area contributed by atoms with Crippen LogP contribution in [0, 0.1) is 0 Å². The Kier molecular flexibility index (Phi) is 4.17. The van der Waals surface area contributed by atoms with Crippen LogP contribution in [0.3, 0.4) is 0 Å². The Morgan fingerprint density at radius 3 is 2.81 bits per heavy atom. The fourth-order valence-electron chi connectivity index (χ4n) is 2.50. The van der Waals surface area contributed by atoms with Gasteiger partial charge in [-0.1, -0.05) is 12.1 Å². The molecule has 116 valence electrons. The summed E-state index contributed by atoms with van der Waals surface area (Å²) in [4.78, 5) is 0. The fourth-order valence-corrected chi connectivity index (χ4v) is 4.13. The first kappa shape index (κ1) is 14.8. The average molecular weight is 313 g/mol. The highest BCUT2D eigenvalue weighted by atomic mass is 32.2. The molecular weight excluding hydrogens is 294 g/mol. The molecule has 0 amide bonds. The number of methoxy groups -OCH3 is 1. The van der Waals surface area contributed by atoms with Gasteiger partial charge < -0.3 is 14.2 Å². The molecule has 21 heavy (non-hydrogen) atoms. The SMILES string of the molecule is COc1cccc(C2CN(S(=O)(=O)C3COC3)CCO2)c1. The zero-order valence-electron chi connectivity index (χ0n) is 11.9. The Morgan fingerprint density at radius 1 is 1.33 bits per heavy atom. The molecule has 1 unspecified atom stereocenters. The van der Waals surface area contributed by atoms with Crippen LogP contribution in [-0.2, 0) is 19.5 Å². The molecule has 2 aliphatic rings. The minimum atomic E-state index is -3.28. The summed E-state index contributed by atoms with van der Waals surface area (Å²) in [5.41, 5.74) is 0.930. The summed E-state index contributed by atoms with van der Waals surface area (Å²) in [7, 11) is -1.68. The maximum atomic E-state index is 12.4. The van der Waals surface area contributed by atoms with Crippen LogP contribution in [0.4, 0.5) is 0 Å². The van der Waals surface area contributed by atoms with Crippen LogP contribution >= 0.6 is 0 Å². The molecule has 0 aliphatic carbocycles. The lowest BCUT2D eigenvalue weighted by Crippen LogP contribution is -2.52. The molecule has 0 aromatic heterocycles. The number of benzene rings is 1. The number of sulfonamides is 1. The first-order valence-corrected chi connectivity index (χ1v) is 8.44. The molecular formula is C14H19NO5S. The van der Waals surface area contributed by atoms with Gasteiger partial charge in [-0.15, -0.1) is 0 Å². The number of hydrogen-bond donors (Lipinski definition) is 0. The highest BCUT2D eigenvalue weighted by Crippen LogP contribution is 2.28. The van der Waals surface area contributed by atoms with E-state index in [1.165, 1.54) is 4.31 Å². The highest BCUT2D eigenvalue weighted by Gasteiger charge is 2.39. The van der Waals surface area contributed by atoms with Gasteiger partial charge in [-0.2, -0.15) is 4.31 Å². The van der Waals surface area contributed by atoms with Crippen molar-refractivity contribution in [3.8, 4) is 5.75 Å². The predicted molar refractivity (Wildman–Crippen MR) is 76.8 cm³/mol. The van der Waals surface area contributed by atoms with Crippen molar-refractivity contribution in [1.29, 1.82) is 0 Å². The van der Waals surface area contributed by atoms with Crippen LogP contribution in [-0.4, -0.2) is 58.0 Å². The average Bonchev–Trinajstić information content (AvgIpc) is 2.45. The Balaban J connectivity index is 1.76. The summed E-state index contributed by atoms with van der Waals surface area (Å²) >= 11 is 0. The van der Waals surface area contributed by atoms with Crippen molar-refractivity contribution in [2.24, 2.45) is 0 Å². The largest absolute Gasteiger partial charge is 0.497 e. The fraction of sp³-hybridized carbons (Fsp3) is 0.571. The summed E-state index contributed by atoms with van der Waals surface area (Å²) in [6, 6.07) is 7.54. The lowest BCUT2D eigenvalue weighted by atomic mass is 10.1. The number of morpholine rings is 1. The van der Waals surface area contributed by atoms with E-state index in [-0.39, 0.29) is 6.10 Å². The van der Waals surface area contributed by atoms with E-state index < -0.39 is 15.3 Å². The molecule has 1 atom stereocenters. The van der Waals surface area contributed by atoms with Crippen LogP contribution in [0.2, 0.25) is 0 Å². The molecule has 1 aromatic carbocycles. The van der Waals surface area contributed by atoms with E-state index in [1.54, 1.807) is 7.11 Å². The van der Waals surface area contributed by atoms with Crippen LogP contribution in [0.15, 0.2) is 24.3 Å². The summed E-state index contributed by atoms with van der Waals surface area (Å²) in [5.74, 6) is 0.739. The Hall–Kier alpha value is -1.15. The lowest BCUT2D eigenvalue weighted by molar-refractivity contribution is -0.00707. The number of rotatable bonds is 4. The molecule has 2 heterocycles. The van der Waals surface area contributed by atoms with Gasteiger partial charge in [0.25, 0.3) is 0 Å². The monoisotopic (exact) mass is 313 g/mol. The standard InChI is InChI=1S/C14H19NO5S/c1-18-12-4-2-3-11(7-12)14-8-15(5-6-20-14)21(16,17)13-9-19-10-13/h2-4,7,13-14H,5-6,8-10H2,1H3. The highest BCUT2D eigenvalue weighted by molar-refractivity contribution is 7.89. The third-order valence-corrected chi connectivity index (χ3v) is 6.05. The Labute approximate surface area is 124 Å². The molecule has 0 spiro atoms. The van der Waals surface area contributed by atoms with Crippen molar-refractivity contribution in [3.05, 3.63) is 29.8 Å². The minimum absolute atomic E-state index is 0.260. The second kappa shape index (κ2) is 5.92. The predicted octanol–water partition coefficient (Wildman–Crippen LogP) is 0.797. The maximum Gasteiger partial charge on any atom is 0.221 e. The second-order valence-corrected chi connectivity index (χ2v) is 7.41. The summed E-state index contributed by atoms with van der Waals surface area (Å²) in [5, 5.41) is -0.401. The number of ether oxygens (including phenoxy) is 3. The van der Waals surface area contributed by atoms with Crippen molar-refractivity contribution in [2.75, 3.05) is 40.0 Å². The quantitative estimate of drug-likeness (QED) is 0.822. The van der Waals surface area contributed by atoms with E-state index in [1.807, 2.05) is 24.3 Å². The van der Waals surface area contributed by atoms with Gasteiger partial charge in [0.15, 0.2) is 0 Å². The number of hydrogen-bond acceptors (Lipinski definition) is 5. The molecule has 7 heteroatoms. The molecule has 1 aromatic rings. The van der Waals surface area contributed by atoms with E-state index in [9.17, 15) is 8.42 Å². The first-order valence-electron chi connectivity index (χ1n) is 6.93. The van der Waals surface area contributed by atoms with Gasteiger partial charge >= 0.3 is 0 Å². The van der Waals surface area contributed by atoms with E-state index in [2.05, 4.69) is 0 Å². The van der Waals surface area contributed by atoms with Crippen molar-refractivity contribution < 1.29 is 22.6 Å². The smallest absolute Gasteiger partial charge is 0.221 e. The zero-order valence-corrected chi connectivity index (χ0v) is 12.7.